The zero-order chi connectivity index (χ0) is 9.26. The second kappa shape index (κ2) is 3.64. The summed E-state index contributed by atoms with van der Waals surface area (Å²) in [5.74, 6) is 0.581. The first-order chi connectivity index (χ1) is 6.27. The highest BCUT2D eigenvalue weighted by Gasteiger charge is 2.18. The molecule has 13 heavy (non-hydrogen) atoms. The lowest BCUT2D eigenvalue weighted by Gasteiger charge is -2.04. The quantitative estimate of drug-likeness (QED) is 0.718. The Labute approximate surface area is 79.8 Å². The zero-order valence-corrected chi connectivity index (χ0v) is 8.14. The van der Waals surface area contributed by atoms with Gasteiger partial charge >= 0.3 is 0 Å². The van der Waals surface area contributed by atoms with Crippen LogP contribution in [0.4, 0.5) is 0 Å². The maximum Gasteiger partial charge on any atom is 0.188 e. The molecule has 1 aromatic rings. The maximum atomic E-state index is 10.7. The van der Waals surface area contributed by atoms with E-state index >= 15 is 0 Å². The van der Waals surface area contributed by atoms with Crippen LogP contribution in [0.5, 0.6) is 0 Å². The van der Waals surface area contributed by atoms with Gasteiger partial charge in [0.25, 0.3) is 0 Å². The van der Waals surface area contributed by atoms with Gasteiger partial charge in [0.2, 0.25) is 0 Å². The van der Waals surface area contributed by atoms with Crippen molar-refractivity contribution < 1.29 is 8.76 Å². The molecule has 1 unspecified atom stereocenters. The van der Waals surface area contributed by atoms with Crippen molar-refractivity contribution in [3.8, 4) is 0 Å². The highest BCUT2D eigenvalue weighted by atomic mass is 32.2. The van der Waals surface area contributed by atoms with E-state index in [-0.39, 0.29) is 0 Å². The first-order valence-electron chi connectivity index (χ1n) is 4.56. The topological polar surface area (TPSA) is 53.1 Å². The summed E-state index contributed by atoms with van der Waals surface area (Å²) >= 11 is -1.84. The molecule has 72 valence electrons. The van der Waals surface area contributed by atoms with Crippen molar-refractivity contribution in [2.24, 2.45) is 0 Å². The Morgan fingerprint density at radius 3 is 2.69 bits per heavy atom. The number of hydrogen-bond acceptors (Lipinski definition) is 1. The molecule has 0 aliphatic heterocycles. The van der Waals surface area contributed by atoms with Crippen molar-refractivity contribution in [1.29, 1.82) is 0 Å². The molecule has 1 aliphatic carbocycles. The monoisotopic (exact) mass is 199 g/mol. The zero-order valence-electron chi connectivity index (χ0n) is 7.32. The third kappa shape index (κ3) is 1.84. The van der Waals surface area contributed by atoms with E-state index in [2.05, 4.69) is 4.98 Å². The van der Waals surface area contributed by atoms with Crippen LogP contribution >= 0.6 is 0 Å². The first kappa shape index (κ1) is 8.97. The van der Waals surface area contributed by atoms with Crippen LogP contribution in [0.25, 0.3) is 0 Å². The van der Waals surface area contributed by atoms with Crippen LogP contribution in [0.3, 0.4) is 0 Å². The molecule has 4 heteroatoms. The minimum absolute atomic E-state index is 0.488. The summed E-state index contributed by atoms with van der Waals surface area (Å²) in [5, 5.41) is 0. The molecule has 1 heterocycles. The lowest BCUT2D eigenvalue weighted by atomic mass is 10.1. The number of nitrogens with one attached hydrogen (secondary N) is 1. The van der Waals surface area contributed by atoms with Crippen molar-refractivity contribution in [3.05, 3.63) is 18.0 Å². The summed E-state index contributed by atoms with van der Waals surface area (Å²) in [6, 6.07) is 1.81. The van der Waals surface area contributed by atoms with Crippen molar-refractivity contribution in [3.63, 3.8) is 0 Å². The summed E-state index contributed by atoms with van der Waals surface area (Å²) in [5.41, 5.74) is 1.12. The average molecular weight is 199 g/mol. The normalized spacial score (nSPS) is 20.7. The SMILES string of the molecule is O=S(O)c1c[nH]c(C2CCCC2)c1. The van der Waals surface area contributed by atoms with Gasteiger partial charge in [-0.15, -0.1) is 0 Å². The van der Waals surface area contributed by atoms with Crippen molar-refractivity contribution in [1.82, 2.24) is 4.98 Å². The third-order valence-electron chi connectivity index (χ3n) is 2.68. The predicted molar refractivity (Wildman–Crippen MR) is 51.0 cm³/mol. The van der Waals surface area contributed by atoms with Crippen LogP contribution < -0.4 is 0 Å². The summed E-state index contributed by atoms with van der Waals surface area (Å²) in [4.78, 5) is 3.56. The molecule has 3 nitrogen and oxygen atoms in total. The Kier molecular flexibility index (Phi) is 2.51. The lowest BCUT2D eigenvalue weighted by molar-refractivity contribution is 0.564. The Bertz CT molecular complexity index is 315. The van der Waals surface area contributed by atoms with Crippen LogP contribution in [0.1, 0.15) is 37.3 Å². The molecule has 1 aromatic heterocycles. The maximum absolute atomic E-state index is 10.7. The minimum atomic E-state index is -1.84. The van der Waals surface area contributed by atoms with Gasteiger partial charge in [0.1, 0.15) is 0 Å². The first-order valence-corrected chi connectivity index (χ1v) is 5.67. The molecule has 0 bridgehead atoms. The van der Waals surface area contributed by atoms with Gasteiger partial charge in [-0.3, -0.25) is 0 Å². The Morgan fingerprint density at radius 1 is 1.46 bits per heavy atom. The molecule has 1 aliphatic rings. The number of aromatic amines is 1. The van der Waals surface area contributed by atoms with Gasteiger partial charge in [-0.05, 0) is 24.8 Å². The van der Waals surface area contributed by atoms with E-state index in [4.69, 9.17) is 4.55 Å². The van der Waals surface area contributed by atoms with E-state index < -0.39 is 11.1 Å². The molecular weight excluding hydrogens is 186 g/mol. The fourth-order valence-electron chi connectivity index (χ4n) is 1.96. The molecule has 1 saturated carbocycles. The predicted octanol–water partition coefficient (Wildman–Crippen LogP) is 2.25. The average Bonchev–Trinajstić information content (AvgIpc) is 2.75. The fourth-order valence-corrected chi connectivity index (χ4v) is 2.35. The summed E-state index contributed by atoms with van der Waals surface area (Å²) in [6.07, 6.45) is 6.60. The summed E-state index contributed by atoms with van der Waals surface area (Å²) in [6.45, 7) is 0. The molecule has 0 saturated heterocycles. The fraction of sp³-hybridized carbons (Fsp3) is 0.556. The van der Waals surface area contributed by atoms with Crippen LogP contribution in [-0.4, -0.2) is 13.7 Å². The highest BCUT2D eigenvalue weighted by Crippen LogP contribution is 2.33. The van der Waals surface area contributed by atoms with Gasteiger partial charge < -0.3 is 9.54 Å². The van der Waals surface area contributed by atoms with Gasteiger partial charge in [0, 0.05) is 11.9 Å². The van der Waals surface area contributed by atoms with Crippen molar-refractivity contribution >= 4 is 11.1 Å². The Hall–Kier alpha value is -0.610. The van der Waals surface area contributed by atoms with Gasteiger partial charge in [-0.2, -0.15) is 0 Å². The van der Waals surface area contributed by atoms with E-state index in [1.165, 1.54) is 25.7 Å². The van der Waals surface area contributed by atoms with Crippen molar-refractivity contribution in [2.45, 2.75) is 36.5 Å². The highest BCUT2D eigenvalue weighted by molar-refractivity contribution is 7.79. The van der Waals surface area contributed by atoms with Gasteiger partial charge in [0.05, 0.1) is 4.90 Å². The standard InChI is InChI=1S/C9H13NO2S/c11-13(12)8-5-9(10-6-8)7-3-1-2-4-7/h5-7,10H,1-4H2,(H,11,12). The van der Waals surface area contributed by atoms with Gasteiger partial charge in [-0.25, -0.2) is 4.21 Å². The number of H-pyrrole nitrogens is 1. The molecule has 0 spiro atoms. The second-order valence-electron chi connectivity index (χ2n) is 3.52. The molecule has 2 N–H and O–H groups in total. The van der Waals surface area contributed by atoms with Crippen LogP contribution in [0, 0.1) is 0 Å². The van der Waals surface area contributed by atoms with Crippen LogP contribution in [-0.2, 0) is 11.1 Å². The molecule has 2 rings (SSSR count). The molecule has 1 atom stereocenters. The van der Waals surface area contributed by atoms with E-state index in [1.807, 2.05) is 6.07 Å². The number of rotatable bonds is 2. The van der Waals surface area contributed by atoms with E-state index in [1.54, 1.807) is 6.20 Å². The van der Waals surface area contributed by atoms with E-state index in [0.717, 1.165) is 5.69 Å². The summed E-state index contributed by atoms with van der Waals surface area (Å²) in [7, 11) is 0. The van der Waals surface area contributed by atoms with Crippen molar-refractivity contribution in [2.75, 3.05) is 0 Å². The number of hydrogen-bond donors (Lipinski definition) is 2. The van der Waals surface area contributed by atoms with E-state index in [0.29, 0.717) is 10.8 Å². The van der Waals surface area contributed by atoms with Gasteiger partial charge in [0.15, 0.2) is 11.1 Å². The molecular formula is C9H13NO2S. The minimum Gasteiger partial charge on any atom is -0.364 e. The Balaban J connectivity index is 2.16. The molecule has 0 amide bonds. The smallest absolute Gasteiger partial charge is 0.188 e. The molecule has 0 radical (unpaired) electrons. The summed E-state index contributed by atoms with van der Waals surface area (Å²) < 4.78 is 19.6. The second-order valence-corrected chi connectivity index (χ2v) is 4.49. The van der Waals surface area contributed by atoms with Gasteiger partial charge in [-0.1, -0.05) is 12.8 Å². The van der Waals surface area contributed by atoms with E-state index in [9.17, 15) is 4.21 Å². The molecule has 1 fully saturated rings. The van der Waals surface area contributed by atoms with Crippen LogP contribution in [0.2, 0.25) is 0 Å². The Morgan fingerprint density at radius 2 is 2.15 bits per heavy atom. The lowest BCUT2D eigenvalue weighted by Crippen LogP contribution is -1.91. The number of aromatic nitrogens is 1. The third-order valence-corrected chi connectivity index (χ3v) is 3.31. The van der Waals surface area contributed by atoms with Crippen LogP contribution in [0.15, 0.2) is 17.2 Å². The molecule has 0 aromatic carbocycles. The largest absolute Gasteiger partial charge is 0.364 e.